The second kappa shape index (κ2) is 9.69. The largest absolute Gasteiger partial charge is 0.433 e. The molecule has 4 nitrogen and oxygen atoms in total. The minimum atomic E-state index is -4.67. The molecule has 160 valence electrons. The number of hydrogen-bond donors (Lipinski definition) is 0. The van der Waals surface area contributed by atoms with E-state index in [0.29, 0.717) is 6.42 Å². The van der Waals surface area contributed by atoms with Crippen LogP contribution in [0.1, 0.15) is 61.8 Å². The van der Waals surface area contributed by atoms with Gasteiger partial charge in [0.05, 0.1) is 5.25 Å². The first-order chi connectivity index (χ1) is 13.5. The fourth-order valence-corrected chi connectivity index (χ4v) is 3.65. The lowest BCUT2D eigenvalue weighted by Gasteiger charge is -2.14. The van der Waals surface area contributed by atoms with Crippen molar-refractivity contribution in [2.45, 2.75) is 70.1 Å². The van der Waals surface area contributed by atoms with Gasteiger partial charge in [-0.25, -0.2) is 18.4 Å². The molecule has 0 amide bonds. The van der Waals surface area contributed by atoms with Crippen LogP contribution in [0.2, 0.25) is 0 Å². The van der Waals surface area contributed by atoms with Crippen molar-refractivity contribution in [2.75, 3.05) is 0 Å². The Morgan fingerprint density at radius 3 is 2.10 bits per heavy atom. The Labute approximate surface area is 170 Å². The number of aryl methyl sites for hydroxylation is 3. The third-order valence-electron chi connectivity index (χ3n) is 4.76. The Balaban J connectivity index is 2.17. The van der Waals surface area contributed by atoms with E-state index in [4.69, 9.17) is 0 Å². The van der Waals surface area contributed by atoms with Gasteiger partial charge in [-0.2, -0.15) is 13.2 Å². The van der Waals surface area contributed by atoms with E-state index in [1.165, 1.54) is 19.4 Å². The highest BCUT2D eigenvalue weighted by atomic mass is 32.2. The van der Waals surface area contributed by atoms with E-state index in [-0.39, 0.29) is 17.8 Å². The zero-order valence-electron chi connectivity index (χ0n) is 17.0. The van der Waals surface area contributed by atoms with E-state index in [2.05, 4.69) is 16.9 Å². The second-order valence-corrected chi connectivity index (χ2v) is 9.99. The highest BCUT2D eigenvalue weighted by molar-refractivity contribution is 7.91. The van der Waals surface area contributed by atoms with Crippen LogP contribution < -0.4 is 0 Å². The number of benzene rings is 1. The van der Waals surface area contributed by atoms with Gasteiger partial charge in [0.1, 0.15) is 11.6 Å². The molecular weight excluding hydrogens is 401 g/mol. The smallest absolute Gasteiger partial charge is 0.240 e. The summed E-state index contributed by atoms with van der Waals surface area (Å²) in [6.07, 6.45) is 0.185. The molecule has 2 rings (SSSR count). The van der Waals surface area contributed by atoms with Gasteiger partial charge in [-0.15, -0.1) is 0 Å². The number of sulfone groups is 1. The molecule has 1 heterocycles. The topological polar surface area (TPSA) is 59.9 Å². The van der Waals surface area contributed by atoms with Crippen LogP contribution in [-0.2, 0) is 41.0 Å². The van der Waals surface area contributed by atoms with Crippen molar-refractivity contribution in [1.29, 1.82) is 0 Å². The van der Waals surface area contributed by atoms with Gasteiger partial charge in [0, 0.05) is 11.8 Å². The zero-order chi connectivity index (χ0) is 21.7. The predicted molar refractivity (Wildman–Crippen MR) is 107 cm³/mol. The first-order valence-electron chi connectivity index (χ1n) is 9.74. The summed E-state index contributed by atoms with van der Waals surface area (Å²) >= 11 is 0. The van der Waals surface area contributed by atoms with Crippen LogP contribution >= 0.6 is 0 Å². The summed E-state index contributed by atoms with van der Waals surface area (Å²) in [5, 5.41) is -0.708. The quantitative estimate of drug-likeness (QED) is 0.567. The molecule has 29 heavy (non-hydrogen) atoms. The van der Waals surface area contributed by atoms with Gasteiger partial charge in [0.15, 0.2) is 15.5 Å². The Bertz CT molecular complexity index is 909. The molecule has 0 fully saturated rings. The van der Waals surface area contributed by atoms with Crippen LogP contribution in [0, 0.1) is 0 Å². The van der Waals surface area contributed by atoms with Crippen molar-refractivity contribution < 1.29 is 21.6 Å². The molecule has 2 aromatic rings. The summed E-state index contributed by atoms with van der Waals surface area (Å²) in [4.78, 5) is 7.45. The van der Waals surface area contributed by atoms with Gasteiger partial charge in [0.2, 0.25) is 0 Å². The number of aromatic nitrogens is 2. The molecule has 8 heteroatoms. The summed E-state index contributed by atoms with van der Waals surface area (Å²) in [5.41, 5.74) is 1.06. The third kappa shape index (κ3) is 6.80. The second-order valence-electron chi connectivity index (χ2n) is 7.43. The Morgan fingerprint density at radius 1 is 1.00 bits per heavy atom. The number of hydrogen-bond acceptors (Lipinski definition) is 4. The third-order valence-corrected chi connectivity index (χ3v) is 6.85. The maximum absolute atomic E-state index is 13.5. The Kier molecular flexibility index (Phi) is 7.80. The minimum Gasteiger partial charge on any atom is -0.240 e. The van der Waals surface area contributed by atoms with Gasteiger partial charge in [-0.3, -0.25) is 0 Å². The van der Waals surface area contributed by atoms with E-state index in [9.17, 15) is 21.6 Å². The molecule has 0 spiro atoms. The van der Waals surface area contributed by atoms with E-state index < -0.39 is 32.7 Å². The molecule has 0 aliphatic heterocycles. The fourth-order valence-electron chi connectivity index (χ4n) is 2.82. The maximum atomic E-state index is 13.5. The number of rotatable bonds is 9. The van der Waals surface area contributed by atoms with Crippen molar-refractivity contribution in [3.8, 4) is 0 Å². The van der Waals surface area contributed by atoms with Crippen molar-refractivity contribution in [3.63, 3.8) is 0 Å². The van der Waals surface area contributed by atoms with Crippen LogP contribution in [0.25, 0.3) is 0 Å². The normalized spacial score (nSPS) is 12.5. The molecule has 0 atom stereocenters. The van der Waals surface area contributed by atoms with E-state index in [0.717, 1.165) is 31.0 Å². The van der Waals surface area contributed by atoms with Gasteiger partial charge in [-0.05, 0) is 50.7 Å². The average Bonchev–Trinajstić information content (AvgIpc) is 2.65. The highest BCUT2D eigenvalue weighted by Gasteiger charge is 2.36. The summed E-state index contributed by atoms with van der Waals surface area (Å²) < 4.78 is 64.4. The summed E-state index contributed by atoms with van der Waals surface area (Å²) in [5.74, 6) is -0.928. The molecule has 0 aliphatic rings. The lowest BCUT2D eigenvalue weighted by atomic mass is 10.0. The number of halogens is 3. The number of alkyl halides is 3. The highest BCUT2D eigenvalue weighted by Crippen LogP contribution is 2.31. The Morgan fingerprint density at radius 2 is 1.59 bits per heavy atom. The van der Waals surface area contributed by atoms with Crippen LogP contribution in [0.3, 0.4) is 0 Å². The molecule has 0 bridgehead atoms. The molecular formula is C21H27F3N2O2S. The van der Waals surface area contributed by atoms with Crippen LogP contribution in [-0.4, -0.2) is 23.6 Å². The number of nitrogens with zero attached hydrogens (tertiary/aromatic N) is 2. The average molecular weight is 429 g/mol. The lowest BCUT2D eigenvalue weighted by Crippen LogP contribution is -2.20. The predicted octanol–water partition coefficient (Wildman–Crippen LogP) is 4.95. The van der Waals surface area contributed by atoms with Gasteiger partial charge in [-0.1, -0.05) is 37.6 Å². The van der Waals surface area contributed by atoms with E-state index in [1.54, 1.807) is 0 Å². The molecule has 0 saturated heterocycles. The van der Waals surface area contributed by atoms with Crippen molar-refractivity contribution in [3.05, 3.63) is 58.7 Å². The molecule has 0 aliphatic carbocycles. The standard InChI is InChI=1S/C21H27F3N2O2S/c1-4-5-6-16-7-9-17(10-8-16)11-12-18-13-25-19(14-29(27,28)15(2)3)26-20(18)21(22,23)24/h7-10,13,15H,4-6,11-12,14H2,1-3H3. The molecule has 0 saturated carbocycles. The molecule has 1 aromatic heterocycles. The van der Waals surface area contributed by atoms with Crippen molar-refractivity contribution in [2.24, 2.45) is 0 Å². The summed E-state index contributed by atoms with van der Waals surface area (Å²) in [6.45, 7) is 5.07. The molecule has 0 N–H and O–H groups in total. The molecule has 0 radical (unpaired) electrons. The zero-order valence-corrected chi connectivity index (χ0v) is 17.8. The van der Waals surface area contributed by atoms with Crippen molar-refractivity contribution in [1.82, 2.24) is 9.97 Å². The summed E-state index contributed by atoms with van der Waals surface area (Å²) in [7, 11) is -3.58. The number of unbranched alkanes of at least 4 members (excludes halogenated alkanes) is 1. The van der Waals surface area contributed by atoms with Gasteiger partial charge < -0.3 is 0 Å². The monoisotopic (exact) mass is 428 g/mol. The van der Waals surface area contributed by atoms with Crippen molar-refractivity contribution >= 4 is 9.84 Å². The lowest BCUT2D eigenvalue weighted by molar-refractivity contribution is -0.142. The minimum absolute atomic E-state index is 0.0294. The first kappa shape index (κ1) is 23.3. The summed E-state index contributed by atoms with van der Waals surface area (Å²) in [6, 6.07) is 7.88. The fraction of sp³-hybridized carbons (Fsp3) is 0.524. The van der Waals surface area contributed by atoms with Gasteiger partial charge in [0.25, 0.3) is 0 Å². The molecule has 0 unspecified atom stereocenters. The van der Waals surface area contributed by atoms with E-state index >= 15 is 0 Å². The van der Waals surface area contributed by atoms with Crippen LogP contribution in [0.4, 0.5) is 13.2 Å². The van der Waals surface area contributed by atoms with Gasteiger partial charge >= 0.3 is 6.18 Å². The SMILES string of the molecule is CCCCc1ccc(CCc2cnc(CS(=O)(=O)C(C)C)nc2C(F)(F)F)cc1. The van der Waals surface area contributed by atoms with Crippen LogP contribution in [0.15, 0.2) is 30.5 Å². The van der Waals surface area contributed by atoms with Crippen LogP contribution in [0.5, 0.6) is 0 Å². The maximum Gasteiger partial charge on any atom is 0.433 e. The first-order valence-corrected chi connectivity index (χ1v) is 11.5. The van der Waals surface area contributed by atoms with E-state index in [1.807, 2.05) is 24.3 Å². The molecule has 1 aromatic carbocycles. The Hall–Kier alpha value is -1.96.